The predicted octanol–water partition coefficient (Wildman–Crippen LogP) is 12.2. The summed E-state index contributed by atoms with van der Waals surface area (Å²) in [6.07, 6.45) is 29.6. The average molecular weight is 667 g/mol. The van der Waals surface area contributed by atoms with E-state index in [-0.39, 0.29) is 31.1 Å². The van der Waals surface area contributed by atoms with Crippen molar-refractivity contribution in [1.82, 2.24) is 0 Å². The zero-order chi connectivity index (χ0) is 34.8. The lowest BCUT2D eigenvalue weighted by Gasteiger charge is -2.18. The van der Waals surface area contributed by atoms with E-state index >= 15 is 0 Å². The lowest BCUT2D eigenvalue weighted by atomic mass is 10.0. The van der Waals surface area contributed by atoms with Crippen molar-refractivity contribution in [2.24, 2.45) is 11.8 Å². The van der Waals surface area contributed by atoms with E-state index in [4.69, 9.17) is 14.2 Å². The van der Waals surface area contributed by atoms with Crippen molar-refractivity contribution < 1.29 is 28.6 Å². The summed E-state index contributed by atoms with van der Waals surface area (Å²) in [6.45, 7) is 11.2. The third-order valence-corrected chi connectivity index (χ3v) is 8.97. The first-order valence-electron chi connectivity index (χ1n) is 20.2. The summed E-state index contributed by atoms with van der Waals surface area (Å²) >= 11 is 0. The van der Waals surface area contributed by atoms with Gasteiger partial charge in [-0.3, -0.25) is 14.4 Å². The van der Waals surface area contributed by atoms with Crippen LogP contribution in [0.1, 0.15) is 214 Å². The summed E-state index contributed by atoms with van der Waals surface area (Å²) in [5.41, 5.74) is 0. The van der Waals surface area contributed by atoms with Crippen LogP contribution < -0.4 is 0 Å². The summed E-state index contributed by atoms with van der Waals surface area (Å²) in [6, 6.07) is 0. The molecule has 0 aromatic carbocycles. The predicted molar refractivity (Wildman–Crippen MR) is 196 cm³/mol. The van der Waals surface area contributed by atoms with Gasteiger partial charge >= 0.3 is 17.9 Å². The lowest BCUT2D eigenvalue weighted by molar-refractivity contribution is -0.167. The van der Waals surface area contributed by atoms with Gasteiger partial charge in [-0.25, -0.2) is 0 Å². The minimum atomic E-state index is -0.759. The Labute approximate surface area is 291 Å². The van der Waals surface area contributed by atoms with Gasteiger partial charge in [0.05, 0.1) is 0 Å². The monoisotopic (exact) mass is 667 g/mol. The van der Waals surface area contributed by atoms with Crippen LogP contribution in [0.15, 0.2) is 0 Å². The normalized spacial score (nSPS) is 12.1. The standard InChI is InChI=1S/C41H78O6/c1-6-7-8-9-10-11-12-15-23-28-33-41(44)47-38(35-46-40(43)32-27-22-18-17-20-25-30-37(4)5)34-45-39(42)31-26-21-16-13-14-19-24-29-36(2)3/h36-38H,6-35H2,1-5H3/t38-/m0/s1. The number of carbonyl (C=O) groups is 3. The molecule has 47 heavy (non-hydrogen) atoms. The Morgan fingerprint density at radius 1 is 0.404 bits per heavy atom. The number of rotatable bonds is 35. The van der Waals surface area contributed by atoms with E-state index in [0.717, 1.165) is 69.6 Å². The fourth-order valence-electron chi connectivity index (χ4n) is 5.87. The van der Waals surface area contributed by atoms with Gasteiger partial charge in [-0.2, -0.15) is 0 Å². The summed E-state index contributed by atoms with van der Waals surface area (Å²) in [7, 11) is 0. The highest BCUT2D eigenvalue weighted by atomic mass is 16.6. The van der Waals surface area contributed by atoms with E-state index < -0.39 is 6.10 Å². The van der Waals surface area contributed by atoms with E-state index in [0.29, 0.717) is 19.3 Å². The Morgan fingerprint density at radius 2 is 0.702 bits per heavy atom. The van der Waals surface area contributed by atoms with Gasteiger partial charge in [-0.15, -0.1) is 0 Å². The number of esters is 3. The summed E-state index contributed by atoms with van der Waals surface area (Å²) in [4.78, 5) is 37.4. The molecule has 0 aliphatic heterocycles. The van der Waals surface area contributed by atoms with Gasteiger partial charge in [-0.1, -0.05) is 176 Å². The Balaban J connectivity index is 4.36. The molecule has 0 aromatic rings. The molecule has 0 N–H and O–H groups in total. The van der Waals surface area contributed by atoms with Gasteiger partial charge in [0.15, 0.2) is 6.10 Å². The molecule has 0 bridgehead atoms. The molecule has 278 valence electrons. The molecule has 0 rings (SSSR count). The highest BCUT2D eigenvalue weighted by molar-refractivity contribution is 5.71. The van der Waals surface area contributed by atoms with Gasteiger partial charge in [0.25, 0.3) is 0 Å². The summed E-state index contributed by atoms with van der Waals surface area (Å²) in [5.74, 6) is 0.672. The minimum absolute atomic E-state index is 0.0673. The zero-order valence-electron chi connectivity index (χ0n) is 31.9. The van der Waals surface area contributed by atoms with Gasteiger partial charge in [0, 0.05) is 19.3 Å². The SMILES string of the molecule is CCCCCCCCCCCCC(=O)O[C@@H](COC(=O)CCCCCCCCCC(C)C)COC(=O)CCCCCCCCC(C)C. The summed E-state index contributed by atoms with van der Waals surface area (Å²) in [5, 5.41) is 0. The molecule has 0 unspecified atom stereocenters. The molecular formula is C41H78O6. The minimum Gasteiger partial charge on any atom is -0.462 e. The molecule has 0 saturated heterocycles. The van der Waals surface area contributed by atoms with Crippen molar-refractivity contribution in [1.29, 1.82) is 0 Å². The molecule has 0 heterocycles. The molecule has 6 nitrogen and oxygen atoms in total. The van der Waals surface area contributed by atoms with Crippen molar-refractivity contribution in [3.63, 3.8) is 0 Å². The second kappa shape index (κ2) is 34.3. The first kappa shape index (κ1) is 45.4. The third kappa shape index (κ3) is 35.5. The molecule has 0 radical (unpaired) electrons. The van der Waals surface area contributed by atoms with Crippen LogP contribution in [0.4, 0.5) is 0 Å². The quantitative estimate of drug-likeness (QED) is 0.0380. The van der Waals surface area contributed by atoms with Crippen molar-refractivity contribution in [3.8, 4) is 0 Å². The van der Waals surface area contributed by atoms with Crippen molar-refractivity contribution in [2.45, 2.75) is 221 Å². The number of ether oxygens (including phenoxy) is 3. The fourth-order valence-corrected chi connectivity index (χ4v) is 5.87. The van der Waals surface area contributed by atoms with Crippen LogP contribution in [0.25, 0.3) is 0 Å². The maximum absolute atomic E-state index is 12.6. The number of hydrogen-bond donors (Lipinski definition) is 0. The highest BCUT2D eigenvalue weighted by Crippen LogP contribution is 2.15. The molecule has 0 aliphatic rings. The van der Waals surface area contributed by atoms with Gasteiger partial charge in [0.2, 0.25) is 0 Å². The Hall–Kier alpha value is -1.59. The van der Waals surface area contributed by atoms with Crippen LogP contribution >= 0.6 is 0 Å². The topological polar surface area (TPSA) is 78.9 Å². The maximum atomic E-state index is 12.6. The Morgan fingerprint density at radius 3 is 1.04 bits per heavy atom. The van der Waals surface area contributed by atoms with Crippen molar-refractivity contribution in [3.05, 3.63) is 0 Å². The fraction of sp³-hybridized carbons (Fsp3) is 0.927. The van der Waals surface area contributed by atoms with Crippen LogP contribution in [-0.4, -0.2) is 37.2 Å². The largest absolute Gasteiger partial charge is 0.462 e. The van der Waals surface area contributed by atoms with Crippen molar-refractivity contribution >= 4 is 17.9 Å². The molecular weight excluding hydrogens is 588 g/mol. The first-order valence-corrected chi connectivity index (χ1v) is 20.2. The number of unbranched alkanes of at least 4 members (excludes halogenated alkanes) is 20. The van der Waals surface area contributed by atoms with Gasteiger partial charge in [0.1, 0.15) is 13.2 Å². The van der Waals surface area contributed by atoms with Crippen LogP contribution in [0.5, 0.6) is 0 Å². The lowest BCUT2D eigenvalue weighted by Crippen LogP contribution is -2.30. The van der Waals surface area contributed by atoms with Crippen molar-refractivity contribution in [2.75, 3.05) is 13.2 Å². The zero-order valence-corrected chi connectivity index (χ0v) is 31.9. The molecule has 0 aromatic heterocycles. The average Bonchev–Trinajstić information content (AvgIpc) is 3.03. The summed E-state index contributed by atoms with van der Waals surface area (Å²) < 4.78 is 16.6. The molecule has 0 fully saturated rings. The highest BCUT2D eigenvalue weighted by Gasteiger charge is 2.19. The maximum Gasteiger partial charge on any atom is 0.306 e. The number of hydrogen-bond acceptors (Lipinski definition) is 6. The molecule has 1 atom stereocenters. The third-order valence-electron chi connectivity index (χ3n) is 8.97. The van der Waals surface area contributed by atoms with Crippen LogP contribution in [-0.2, 0) is 28.6 Å². The van der Waals surface area contributed by atoms with E-state index in [1.165, 1.54) is 103 Å². The molecule has 0 saturated carbocycles. The molecule has 0 spiro atoms. The Kier molecular flexibility index (Phi) is 33.1. The van der Waals surface area contributed by atoms with E-state index in [1.807, 2.05) is 0 Å². The molecule has 0 amide bonds. The molecule has 0 aliphatic carbocycles. The first-order chi connectivity index (χ1) is 22.7. The van der Waals surface area contributed by atoms with Crippen LogP contribution in [0, 0.1) is 11.8 Å². The second-order valence-corrected chi connectivity index (χ2v) is 14.9. The van der Waals surface area contributed by atoms with E-state index in [1.54, 1.807) is 0 Å². The Bertz CT molecular complexity index is 719. The molecule has 6 heteroatoms. The van der Waals surface area contributed by atoms with Gasteiger partial charge in [-0.05, 0) is 31.1 Å². The number of carbonyl (C=O) groups excluding carboxylic acids is 3. The van der Waals surface area contributed by atoms with E-state index in [9.17, 15) is 14.4 Å². The van der Waals surface area contributed by atoms with Gasteiger partial charge < -0.3 is 14.2 Å². The van der Waals surface area contributed by atoms with Crippen LogP contribution in [0.3, 0.4) is 0 Å². The van der Waals surface area contributed by atoms with E-state index in [2.05, 4.69) is 34.6 Å². The second-order valence-electron chi connectivity index (χ2n) is 14.9. The van der Waals surface area contributed by atoms with Crippen LogP contribution in [0.2, 0.25) is 0 Å². The smallest absolute Gasteiger partial charge is 0.306 e.